The third-order valence-electron chi connectivity index (χ3n) is 2.99. The standard InChI is InChI=1S/C12H17FN2/c1-9-5-10(13)7-12(6-9)15-4-3-11(8-15)14-2/h5-7,11,14H,3-4,8H2,1-2H3. The van der Waals surface area contributed by atoms with Crippen LogP contribution in [0.4, 0.5) is 10.1 Å². The van der Waals surface area contributed by atoms with Crippen LogP contribution < -0.4 is 10.2 Å². The van der Waals surface area contributed by atoms with E-state index in [9.17, 15) is 4.39 Å². The van der Waals surface area contributed by atoms with Crippen LogP contribution in [0, 0.1) is 12.7 Å². The second kappa shape index (κ2) is 4.19. The van der Waals surface area contributed by atoms with Gasteiger partial charge in [0.05, 0.1) is 0 Å². The summed E-state index contributed by atoms with van der Waals surface area (Å²) >= 11 is 0. The Morgan fingerprint density at radius 1 is 1.40 bits per heavy atom. The molecule has 1 aromatic rings. The fraction of sp³-hybridized carbons (Fsp3) is 0.500. The minimum absolute atomic E-state index is 0.141. The van der Waals surface area contributed by atoms with Crippen molar-refractivity contribution in [2.75, 3.05) is 25.0 Å². The van der Waals surface area contributed by atoms with Crippen LogP contribution in [0.5, 0.6) is 0 Å². The van der Waals surface area contributed by atoms with Crippen LogP contribution in [-0.2, 0) is 0 Å². The monoisotopic (exact) mass is 208 g/mol. The van der Waals surface area contributed by atoms with Crippen molar-refractivity contribution in [3.8, 4) is 0 Å². The number of rotatable bonds is 2. The minimum atomic E-state index is -0.141. The molecule has 1 aliphatic heterocycles. The quantitative estimate of drug-likeness (QED) is 0.799. The van der Waals surface area contributed by atoms with Gasteiger partial charge in [-0.15, -0.1) is 0 Å². The van der Waals surface area contributed by atoms with E-state index in [4.69, 9.17) is 0 Å². The van der Waals surface area contributed by atoms with Crippen molar-refractivity contribution in [1.82, 2.24) is 5.32 Å². The summed E-state index contributed by atoms with van der Waals surface area (Å²) in [6, 6.07) is 5.76. The first-order valence-corrected chi connectivity index (χ1v) is 5.38. The highest BCUT2D eigenvalue weighted by Crippen LogP contribution is 2.22. The Kier molecular flexibility index (Phi) is 2.91. The molecule has 1 saturated heterocycles. The summed E-state index contributed by atoms with van der Waals surface area (Å²) in [5.74, 6) is -0.141. The van der Waals surface area contributed by atoms with Crippen molar-refractivity contribution < 1.29 is 4.39 Å². The molecule has 2 rings (SSSR count). The SMILES string of the molecule is CNC1CCN(c2cc(C)cc(F)c2)C1. The van der Waals surface area contributed by atoms with E-state index in [0.29, 0.717) is 6.04 Å². The van der Waals surface area contributed by atoms with E-state index in [0.717, 1.165) is 30.8 Å². The molecule has 2 nitrogen and oxygen atoms in total. The molecule has 1 aliphatic rings. The number of nitrogens with one attached hydrogen (secondary N) is 1. The molecule has 82 valence electrons. The van der Waals surface area contributed by atoms with Gasteiger partial charge in [-0.25, -0.2) is 4.39 Å². The molecule has 15 heavy (non-hydrogen) atoms. The summed E-state index contributed by atoms with van der Waals surface area (Å²) in [4.78, 5) is 2.23. The topological polar surface area (TPSA) is 15.3 Å². The van der Waals surface area contributed by atoms with Crippen molar-refractivity contribution in [3.63, 3.8) is 0 Å². The van der Waals surface area contributed by atoms with Crippen molar-refractivity contribution >= 4 is 5.69 Å². The van der Waals surface area contributed by atoms with Crippen LogP contribution in [0.1, 0.15) is 12.0 Å². The van der Waals surface area contributed by atoms with Gasteiger partial charge in [-0.2, -0.15) is 0 Å². The molecule has 0 bridgehead atoms. The zero-order valence-corrected chi connectivity index (χ0v) is 9.26. The van der Waals surface area contributed by atoms with Gasteiger partial charge in [-0.05, 0) is 44.2 Å². The van der Waals surface area contributed by atoms with Gasteiger partial charge >= 0.3 is 0 Å². The maximum atomic E-state index is 13.2. The van der Waals surface area contributed by atoms with Gasteiger partial charge in [-0.1, -0.05) is 0 Å². The molecule has 1 unspecified atom stereocenters. The minimum Gasteiger partial charge on any atom is -0.370 e. The maximum Gasteiger partial charge on any atom is 0.125 e. The number of nitrogens with zero attached hydrogens (tertiary/aromatic N) is 1. The Balaban J connectivity index is 2.16. The van der Waals surface area contributed by atoms with E-state index < -0.39 is 0 Å². The van der Waals surface area contributed by atoms with Gasteiger partial charge < -0.3 is 10.2 Å². The zero-order valence-electron chi connectivity index (χ0n) is 9.26. The first-order valence-electron chi connectivity index (χ1n) is 5.38. The predicted octanol–water partition coefficient (Wildman–Crippen LogP) is 1.93. The summed E-state index contributed by atoms with van der Waals surface area (Å²) in [5, 5.41) is 3.26. The number of anilines is 1. The molecule has 0 spiro atoms. The molecule has 0 radical (unpaired) electrons. The molecule has 0 saturated carbocycles. The third-order valence-corrected chi connectivity index (χ3v) is 2.99. The number of halogens is 1. The van der Waals surface area contributed by atoms with Gasteiger partial charge in [0.1, 0.15) is 5.82 Å². The smallest absolute Gasteiger partial charge is 0.125 e. The van der Waals surface area contributed by atoms with E-state index in [-0.39, 0.29) is 5.82 Å². The molecule has 0 aromatic heterocycles. The first kappa shape index (κ1) is 10.4. The summed E-state index contributed by atoms with van der Waals surface area (Å²) in [6.45, 7) is 3.91. The van der Waals surface area contributed by atoms with Crippen molar-refractivity contribution in [2.24, 2.45) is 0 Å². The lowest BCUT2D eigenvalue weighted by molar-refractivity contribution is 0.615. The first-order chi connectivity index (χ1) is 7.19. The van der Waals surface area contributed by atoms with E-state index >= 15 is 0 Å². The summed E-state index contributed by atoms with van der Waals surface area (Å²) < 4.78 is 13.2. The lowest BCUT2D eigenvalue weighted by Gasteiger charge is -2.19. The van der Waals surface area contributed by atoms with Crippen LogP contribution in [0.15, 0.2) is 18.2 Å². The average molecular weight is 208 g/mol. The van der Waals surface area contributed by atoms with Crippen molar-refractivity contribution in [1.29, 1.82) is 0 Å². The second-order valence-corrected chi connectivity index (χ2v) is 4.21. The molecular weight excluding hydrogens is 191 g/mol. The molecule has 1 aromatic carbocycles. The summed E-state index contributed by atoms with van der Waals surface area (Å²) in [6.07, 6.45) is 1.13. The molecule has 1 heterocycles. The number of likely N-dealkylation sites (N-methyl/N-ethyl adjacent to an activating group) is 1. The highest BCUT2D eigenvalue weighted by molar-refractivity contribution is 5.50. The fourth-order valence-electron chi connectivity index (χ4n) is 2.13. The van der Waals surface area contributed by atoms with Gasteiger partial charge in [0.2, 0.25) is 0 Å². The number of benzene rings is 1. The number of hydrogen-bond donors (Lipinski definition) is 1. The van der Waals surface area contributed by atoms with Crippen LogP contribution in [0.2, 0.25) is 0 Å². The normalized spacial score (nSPS) is 21.0. The zero-order chi connectivity index (χ0) is 10.8. The van der Waals surface area contributed by atoms with E-state index in [1.807, 2.05) is 20.0 Å². The average Bonchev–Trinajstić information content (AvgIpc) is 2.64. The lowest BCUT2D eigenvalue weighted by atomic mass is 10.2. The Labute approximate surface area is 90.1 Å². The molecule has 0 aliphatic carbocycles. The predicted molar refractivity (Wildman–Crippen MR) is 60.8 cm³/mol. The summed E-state index contributed by atoms with van der Waals surface area (Å²) in [5.41, 5.74) is 1.99. The van der Waals surface area contributed by atoms with Gasteiger partial charge in [0.15, 0.2) is 0 Å². The second-order valence-electron chi connectivity index (χ2n) is 4.21. The molecule has 3 heteroatoms. The molecule has 1 fully saturated rings. The van der Waals surface area contributed by atoms with Crippen molar-refractivity contribution in [2.45, 2.75) is 19.4 Å². The van der Waals surface area contributed by atoms with E-state index in [1.165, 1.54) is 0 Å². The van der Waals surface area contributed by atoms with Gasteiger partial charge in [-0.3, -0.25) is 0 Å². The fourth-order valence-corrected chi connectivity index (χ4v) is 2.13. The highest BCUT2D eigenvalue weighted by atomic mass is 19.1. The number of aryl methyl sites for hydroxylation is 1. The van der Waals surface area contributed by atoms with Crippen LogP contribution in [0.25, 0.3) is 0 Å². The maximum absolute atomic E-state index is 13.2. The molecule has 1 atom stereocenters. The third kappa shape index (κ3) is 2.29. The molecule has 0 amide bonds. The largest absolute Gasteiger partial charge is 0.370 e. The van der Waals surface area contributed by atoms with Gasteiger partial charge in [0.25, 0.3) is 0 Å². The van der Waals surface area contributed by atoms with Gasteiger partial charge in [0, 0.05) is 24.8 Å². The Hall–Kier alpha value is -1.09. The molecular formula is C12H17FN2. The summed E-state index contributed by atoms with van der Waals surface area (Å²) in [7, 11) is 1.98. The van der Waals surface area contributed by atoms with Crippen LogP contribution in [-0.4, -0.2) is 26.2 Å². The highest BCUT2D eigenvalue weighted by Gasteiger charge is 2.21. The van der Waals surface area contributed by atoms with Crippen molar-refractivity contribution in [3.05, 3.63) is 29.6 Å². The van der Waals surface area contributed by atoms with Crippen LogP contribution >= 0.6 is 0 Å². The Morgan fingerprint density at radius 3 is 2.80 bits per heavy atom. The van der Waals surface area contributed by atoms with E-state index in [2.05, 4.69) is 10.2 Å². The Bertz CT molecular complexity index is 331. The lowest BCUT2D eigenvalue weighted by Crippen LogP contribution is -2.29. The van der Waals surface area contributed by atoms with E-state index in [1.54, 1.807) is 12.1 Å². The van der Waals surface area contributed by atoms with Crippen LogP contribution in [0.3, 0.4) is 0 Å². The number of hydrogen-bond acceptors (Lipinski definition) is 2. The molecule has 1 N–H and O–H groups in total. The Morgan fingerprint density at radius 2 is 2.20 bits per heavy atom.